The number of phenolic OH excluding ortho intramolecular Hbond substituents is 1. The minimum atomic E-state index is 0.304. The van der Waals surface area contributed by atoms with E-state index in [-0.39, 0.29) is 0 Å². The fourth-order valence-electron chi connectivity index (χ4n) is 3.01. The van der Waals surface area contributed by atoms with Crippen LogP contribution in [0.4, 0.5) is 0 Å². The molecule has 1 fully saturated rings. The van der Waals surface area contributed by atoms with Crippen molar-refractivity contribution in [2.75, 3.05) is 6.61 Å². The average Bonchev–Trinajstić information content (AvgIpc) is 2.75. The molecule has 1 saturated heterocycles. The molecule has 1 aliphatic rings. The van der Waals surface area contributed by atoms with Crippen molar-refractivity contribution in [3.05, 3.63) is 23.8 Å². The molecular weight excluding hydrogens is 238 g/mol. The standard InChI is InChI=1S/C16H25NO2/c1-4-14-10-9-12(3)17(14)11-13-7-6-8-15(16(13)18)19-5-2/h6-8,12,14,18H,4-5,9-11H2,1-3H3. The lowest BCUT2D eigenvalue weighted by Gasteiger charge is -2.28. The average molecular weight is 263 g/mol. The summed E-state index contributed by atoms with van der Waals surface area (Å²) in [6, 6.07) is 7.02. The third kappa shape index (κ3) is 3.03. The van der Waals surface area contributed by atoms with E-state index in [0.29, 0.717) is 30.2 Å². The van der Waals surface area contributed by atoms with E-state index in [1.165, 1.54) is 19.3 Å². The van der Waals surface area contributed by atoms with Gasteiger partial charge in [0.05, 0.1) is 6.61 Å². The molecule has 1 heterocycles. The van der Waals surface area contributed by atoms with Gasteiger partial charge in [0.15, 0.2) is 11.5 Å². The Morgan fingerprint density at radius 2 is 2.11 bits per heavy atom. The molecule has 1 N–H and O–H groups in total. The van der Waals surface area contributed by atoms with Crippen molar-refractivity contribution in [1.29, 1.82) is 0 Å². The second kappa shape index (κ2) is 6.29. The van der Waals surface area contributed by atoms with E-state index < -0.39 is 0 Å². The largest absolute Gasteiger partial charge is 0.504 e. The van der Waals surface area contributed by atoms with Crippen LogP contribution in [0, 0.1) is 0 Å². The molecule has 1 aromatic carbocycles. The molecule has 0 amide bonds. The first kappa shape index (κ1) is 14.2. The van der Waals surface area contributed by atoms with Crippen LogP contribution in [0.25, 0.3) is 0 Å². The summed E-state index contributed by atoms with van der Waals surface area (Å²) in [7, 11) is 0. The highest BCUT2D eigenvalue weighted by Gasteiger charge is 2.29. The van der Waals surface area contributed by atoms with Crippen LogP contribution in [0.15, 0.2) is 18.2 Å². The molecule has 0 bridgehead atoms. The Hall–Kier alpha value is -1.22. The Kier molecular flexibility index (Phi) is 4.70. The fourth-order valence-corrected chi connectivity index (χ4v) is 3.01. The van der Waals surface area contributed by atoms with Gasteiger partial charge in [0.2, 0.25) is 0 Å². The molecule has 3 nitrogen and oxygen atoms in total. The maximum Gasteiger partial charge on any atom is 0.162 e. The normalized spacial score (nSPS) is 23.7. The summed E-state index contributed by atoms with van der Waals surface area (Å²) in [5.74, 6) is 0.901. The highest BCUT2D eigenvalue weighted by Crippen LogP contribution is 2.34. The van der Waals surface area contributed by atoms with Gasteiger partial charge in [-0.25, -0.2) is 0 Å². The number of hydrogen-bond donors (Lipinski definition) is 1. The Balaban J connectivity index is 2.16. The Labute approximate surface area is 116 Å². The number of para-hydroxylation sites is 1. The molecule has 0 spiro atoms. The van der Waals surface area contributed by atoms with Gasteiger partial charge in [-0.2, -0.15) is 0 Å². The van der Waals surface area contributed by atoms with E-state index in [2.05, 4.69) is 18.7 Å². The zero-order valence-corrected chi connectivity index (χ0v) is 12.2. The molecule has 0 radical (unpaired) electrons. The van der Waals surface area contributed by atoms with Gasteiger partial charge >= 0.3 is 0 Å². The maximum atomic E-state index is 10.3. The summed E-state index contributed by atoms with van der Waals surface area (Å²) in [6.45, 7) is 7.84. The van der Waals surface area contributed by atoms with Crippen LogP contribution < -0.4 is 4.74 Å². The van der Waals surface area contributed by atoms with Crippen LogP contribution >= 0.6 is 0 Å². The summed E-state index contributed by atoms with van der Waals surface area (Å²) < 4.78 is 5.45. The second-order valence-electron chi connectivity index (χ2n) is 5.36. The fraction of sp³-hybridized carbons (Fsp3) is 0.625. The van der Waals surface area contributed by atoms with Crippen LogP contribution in [-0.4, -0.2) is 28.7 Å². The van der Waals surface area contributed by atoms with Gasteiger partial charge < -0.3 is 9.84 Å². The van der Waals surface area contributed by atoms with Gasteiger partial charge in [-0.15, -0.1) is 0 Å². The minimum absolute atomic E-state index is 0.304. The number of ether oxygens (including phenoxy) is 1. The number of rotatable bonds is 5. The van der Waals surface area contributed by atoms with Crippen molar-refractivity contribution in [1.82, 2.24) is 4.90 Å². The van der Waals surface area contributed by atoms with E-state index >= 15 is 0 Å². The van der Waals surface area contributed by atoms with Gasteiger partial charge in [-0.3, -0.25) is 4.90 Å². The van der Waals surface area contributed by atoms with Crippen molar-refractivity contribution >= 4 is 0 Å². The molecule has 0 aliphatic carbocycles. The molecule has 3 heteroatoms. The zero-order valence-electron chi connectivity index (χ0n) is 12.2. The number of aromatic hydroxyl groups is 1. The van der Waals surface area contributed by atoms with Gasteiger partial charge in [-0.05, 0) is 39.2 Å². The molecule has 0 saturated carbocycles. The molecule has 106 valence electrons. The Morgan fingerprint density at radius 1 is 1.32 bits per heavy atom. The van der Waals surface area contributed by atoms with Gasteiger partial charge in [0.25, 0.3) is 0 Å². The van der Waals surface area contributed by atoms with Crippen molar-refractivity contribution < 1.29 is 9.84 Å². The molecule has 2 unspecified atom stereocenters. The Morgan fingerprint density at radius 3 is 2.79 bits per heavy atom. The summed E-state index contributed by atoms with van der Waals surface area (Å²) in [4.78, 5) is 2.50. The first-order valence-electron chi connectivity index (χ1n) is 7.36. The quantitative estimate of drug-likeness (QED) is 0.881. The topological polar surface area (TPSA) is 32.7 Å². The summed E-state index contributed by atoms with van der Waals surface area (Å²) in [6.07, 6.45) is 3.70. The number of nitrogens with zero attached hydrogens (tertiary/aromatic N) is 1. The Bertz CT molecular complexity index is 419. The van der Waals surface area contributed by atoms with Crippen molar-refractivity contribution in [3.63, 3.8) is 0 Å². The smallest absolute Gasteiger partial charge is 0.162 e. The molecule has 2 rings (SSSR count). The van der Waals surface area contributed by atoms with Crippen molar-refractivity contribution in [2.45, 2.75) is 58.7 Å². The highest BCUT2D eigenvalue weighted by atomic mass is 16.5. The number of phenols is 1. The molecular formula is C16H25NO2. The third-order valence-electron chi connectivity index (χ3n) is 4.16. The molecule has 0 aromatic heterocycles. The summed E-state index contributed by atoms with van der Waals surface area (Å²) >= 11 is 0. The SMILES string of the molecule is CCOc1cccc(CN2C(C)CCC2CC)c1O. The first-order valence-corrected chi connectivity index (χ1v) is 7.36. The molecule has 1 aromatic rings. The van der Waals surface area contributed by atoms with Crippen molar-refractivity contribution in [2.24, 2.45) is 0 Å². The van der Waals surface area contributed by atoms with Crippen LogP contribution in [0.3, 0.4) is 0 Å². The lowest BCUT2D eigenvalue weighted by atomic mass is 10.1. The van der Waals surface area contributed by atoms with E-state index in [4.69, 9.17) is 4.74 Å². The van der Waals surface area contributed by atoms with Gasteiger partial charge in [0, 0.05) is 24.2 Å². The first-order chi connectivity index (χ1) is 9.17. The molecule has 2 atom stereocenters. The number of benzene rings is 1. The van der Waals surface area contributed by atoms with Crippen LogP contribution in [-0.2, 0) is 6.54 Å². The van der Waals surface area contributed by atoms with Gasteiger partial charge in [-0.1, -0.05) is 19.1 Å². The van der Waals surface area contributed by atoms with Gasteiger partial charge in [0.1, 0.15) is 0 Å². The second-order valence-corrected chi connectivity index (χ2v) is 5.36. The van der Waals surface area contributed by atoms with E-state index in [1.807, 2.05) is 25.1 Å². The van der Waals surface area contributed by atoms with Crippen LogP contribution in [0.1, 0.15) is 45.6 Å². The summed E-state index contributed by atoms with van der Waals surface area (Å²) in [5, 5.41) is 10.3. The predicted octanol–water partition coefficient (Wildman–Crippen LogP) is 3.55. The zero-order chi connectivity index (χ0) is 13.8. The number of hydrogen-bond acceptors (Lipinski definition) is 3. The van der Waals surface area contributed by atoms with Crippen LogP contribution in [0.5, 0.6) is 11.5 Å². The monoisotopic (exact) mass is 263 g/mol. The lowest BCUT2D eigenvalue weighted by Crippen LogP contribution is -2.33. The third-order valence-corrected chi connectivity index (χ3v) is 4.16. The van der Waals surface area contributed by atoms with E-state index in [0.717, 1.165) is 12.1 Å². The highest BCUT2D eigenvalue weighted by molar-refractivity contribution is 5.45. The van der Waals surface area contributed by atoms with Crippen LogP contribution in [0.2, 0.25) is 0 Å². The lowest BCUT2D eigenvalue weighted by molar-refractivity contribution is 0.187. The predicted molar refractivity (Wildman–Crippen MR) is 77.6 cm³/mol. The number of likely N-dealkylation sites (tertiary alicyclic amines) is 1. The van der Waals surface area contributed by atoms with E-state index in [9.17, 15) is 5.11 Å². The van der Waals surface area contributed by atoms with Crippen molar-refractivity contribution in [3.8, 4) is 11.5 Å². The molecule has 1 aliphatic heterocycles. The van der Waals surface area contributed by atoms with E-state index in [1.54, 1.807) is 0 Å². The molecule has 19 heavy (non-hydrogen) atoms. The summed E-state index contributed by atoms with van der Waals surface area (Å²) in [5.41, 5.74) is 0.971. The maximum absolute atomic E-state index is 10.3. The minimum Gasteiger partial charge on any atom is -0.504 e.